The lowest BCUT2D eigenvalue weighted by atomic mass is 9.88. The third-order valence-electron chi connectivity index (χ3n) is 6.43. The molecule has 2 aromatic carbocycles. The first-order chi connectivity index (χ1) is 14.9. The van der Waals surface area contributed by atoms with Crippen LogP contribution in [0.5, 0.6) is 0 Å². The zero-order valence-corrected chi connectivity index (χ0v) is 18.8. The molecule has 2 aromatic rings. The van der Waals surface area contributed by atoms with Gasteiger partial charge in [0.1, 0.15) is 17.3 Å². The van der Waals surface area contributed by atoms with Crippen LogP contribution >= 0.6 is 0 Å². The molecule has 0 bridgehead atoms. The molecule has 1 aliphatic heterocycles. The number of nitrogens with one attached hydrogen (secondary N) is 1. The maximum absolute atomic E-state index is 16.0. The Labute approximate surface area is 185 Å². The van der Waals surface area contributed by atoms with E-state index in [1.165, 1.54) is 23.1 Å². The minimum Gasteiger partial charge on any atom is -0.337 e. The molecule has 1 N–H and O–H groups in total. The van der Waals surface area contributed by atoms with Crippen molar-refractivity contribution in [3.05, 3.63) is 59.2 Å². The van der Waals surface area contributed by atoms with E-state index in [1.807, 2.05) is 6.92 Å². The van der Waals surface area contributed by atoms with Gasteiger partial charge in [0, 0.05) is 25.6 Å². The SMILES string of the molecule is Cc1ccc(C2(F)CC2C(=O)N2C[C@@H](C)[C@H]2CNS(C)(=O)=O)c(-c2c(F)cccc2F)c1. The Morgan fingerprint density at radius 3 is 2.47 bits per heavy atom. The van der Waals surface area contributed by atoms with Crippen molar-refractivity contribution in [2.24, 2.45) is 11.8 Å². The molecule has 2 fully saturated rings. The van der Waals surface area contributed by atoms with Crippen LogP contribution in [-0.4, -0.2) is 44.6 Å². The second-order valence-electron chi connectivity index (χ2n) is 8.92. The number of nitrogens with zero attached hydrogens (tertiary/aromatic N) is 1. The first-order valence-electron chi connectivity index (χ1n) is 10.4. The summed E-state index contributed by atoms with van der Waals surface area (Å²) in [7, 11) is -3.42. The van der Waals surface area contributed by atoms with Gasteiger partial charge in [-0.15, -0.1) is 0 Å². The number of benzene rings is 2. The number of carbonyl (C=O) groups is 1. The van der Waals surface area contributed by atoms with Crippen molar-refractivity contribution in [2.45, 2.75) is 32.0 Å². The molecule has 0 radical (unpaired) electrons. The first kappa shape index (κ1) is 22.8. The van der Waals surface area contributed by atoms with Crippen molar-refractivity contribution in [1.82, 2.24) is 9.62 Å². The highest BCUT2D eigenvalue weighted by atomic mass is 32.2. The number of carbonyl (C=O) groups excluding carboxylic acids is 1. The number of aryl methyl sites for hydroxylation is 1. The number of hydrogen-bond donors (Lipinski definition) is 1. The van der Waals surface area contributed by atoms with Crippen LogP contribution in [0.2, 0.25) is 0 Å². The normalized spacial score (nSPS) is 27.2. The number of hydrogen-bond acceptors (Lipinski definition) is 3. The van der Waals surface area contributed by atoms with Crippen LogP contribution in [0.1, 0.15) is 24.5 Å². The topological polar surface area (TPSA) is 66.5 Å². The van der Waals surface area contributed by atoms with Gasteiger partial charge in [0.15, 0.2) is 0 Å². The van der Waals surface area contributed by atoms with Crippen molar-refractivity contribution in [1.29, 1.82) is 0 Å². The van der Waals surface area contributed by atoms with Crippen LogP contribution in [0.15, 0.2) is 36.4 Å². The molecule has 0 aromatic heterocycles. The van der Waals surface area contributed by atoms with Gasteiger partial charge in [0.05, 0.1) is 17.7 Å². The summed E-state index contributed by atoms with van der Waals surface area (Å²) in [5.41, 5.74) is -1.45. The summed E-state index contributed by atoms with van der Waals surface area (Å²) in [4.78, 5) is 14.6. The van der Waals surface area contributed by atoms with Crippen LogP contribution in [0.25, 0.3) is 11.1 Å². The highest BCUT2D eigenvalue weighted by Gasteiger charge is 2.64. The molecule has 2 unspecified atom stereocenters. The Hall–Kier alpha value is -2.39. The zero-order chi connectivity index (χ0) is 23.4. The van der Waals surface area contributed by atoms with Gasteiger partial charge in [-0.25, -0.2) is 26.3 Å². The molecule has 1 saturated carbocycles. The van der Waals surface area contributed by atoms with Crippen LogP contribution in [0.4, 0.5) is 13.2 Å². The Bertz CT molecular complexity index is 1170. The molecule has 4 atom stereocenters. The lowest BCUT2D eigenvalue weighted by Gasteiger charge is -2.47. The molecule has 1 amide bonds. The quantitative estimate of drug-likeness (QED) is 0.709. The first-order valence-corrected chi connectivity index (χ1v) is 12.3. The summed E-state index contributed by atoms with van der Waals surface area (Å²) in [6.07, 6.45) is 0.950. The highest BCUT2D eigenvalue weighted by Crippen LogP contribution is 2.59. The van der Waals surface area contributed by atoms with Crippen molar-refractivity contribution < 1.29 is 26.4 Å². The van der Waals surface area contributed by atoms with Gasteiger partial charge >= 0.3 is 0 Å². The highest BCUT2D eigenvalue weighted by molar-refractivity contribution is 7.88. The lowest BCUT2D eigenvalue weighted by molar-refractivity contribution is -0.145. The second-order valence-corrected chi connectivity index (χ2v) is 10.8. The molecule has 4 rings (SSSR count). The maximum atomic E-state index is 16.0. The van der Waals surface area contributed by atoms with Gasteiger partial charge in [-0.3, -0.25) is 4.79 Å². The number of amides is 1. The van der Waals surface area contributed by atoms with E-state index in [1.54, 1.807) is 13.0 Å². The molecular weight excluding hydrogens is 441 g/mol. The van der Waals surface area contributed by atoms with Gasteiger partial charge in [-0.1, -0.05) is 36.8 Å². The Morgan fingerprint density at radius 2 is 1.88 bits per heavy atom. The van der Waals surface area contributed by atoms with E-state index in [-0.39, 0.29) is 41.6 Å². The molecule has 0 spiro atoms. The Balaban J connectivity index is 1.61. The fourth-order valence-electron chi connectivity index (χ4n) is 4.54. The number of likely N-dealkylation sites (tertiary alicyclic amines) is 1. The summed E-state index contributed by atoms with van der Waals surface area (Å²) < 4.78 is 70.2. The average Bonchev–Trinajstić information content (AvgIpc) is 3.37. The average molecular weight is 467 g/mol. The van der Waals surface area contributed by atoms with E-state index < -0.39 is 39.2 Å². The molecule has 1 saturated heterocycles. The summed E-state index contributed by atoms with van der Waals surface area (Å²) in [6.45, 7) is 4.11. The molecule has 5 nitrogen and oxygen atoms in total. The number of sulfonamides is 1. The summed E-state index contributed by atoms with van der Waals surface area (Å²) in [5, 5.41) is 0. The smallest absolute Gasteiger partial charge is 0.229 e. The van der Waals surface area contributed by atoms with Gasteiger partial charge in [0.25, 0.3) is 0 Å². The van der Waals surface area contributed by atoms with Gasteiger partial charge < -0.3 is 4.90 Å². The largest absolute Gasteiger partial charge is 0.337 e. The van der Waals surface area contributed by atoms with E-state index in [2.05, 4.69) is 4.72 Å². The van der Waals surface area contributed by atoms with Crippen molar-refractivity contribution in [3.8, 4) is 11.1 Å². The van der Waals surface area contributed by atoms with Gasteiger partial charge in [0.2, 0.25) is 15.9 Å². The van der Waals surface area contributed by atoms with Crippen molar-refractivity contribution >= 4 is 15.9 Å². The van der Waals surface area contributed by atoms with Gasteiger partial charge in [-0.2, -0.15) is 0 Å². The Kier molecular flexibility index (Phi) is 5.61. The molecule has 32 heavy (non-hydrogen) atoms. The molecule has 172 valence electrons. The third-order valence-corrected chi connectivity index (χ3v) is 7.12. The number of rotatable bonds is 6. The monoisotopic (exact) mass is 466 g/mol. The summed E-state index contributed by atoms with van der Waals surface area (Å²) in [5.74, 6) is -2.92. The molecular formula is C23H25F3N2O3S. The molecule has 1 heterocycles. The van der Waals surface area contributed by atoms with Crippen LogP contribution in [0.3, 0.4) is 0 Å². The number of halogens is 3. The predicted octanol–water partition coefficient (Wildman–Crippen LogP) is 3.52. The van der Waals surface area contributed by atoms with E-state index >= 15 is 4.39 Å². The van der Waals surface area contributed by atoms with Crippen LogP contribution < -0.4 is 4.72 Å². The van der Waals surface area contributed by atoms with E-state index in [0.29, 0.717) is 12.1 Å². The van der Waals surface area contributed by atoms with E-state index in [4.69, 9.17) is 0 Å². The zero-order valence-electron chi connectivity index (χ0n) is 18.0. The van der Waals surface area contributed by atoms with E-state index in [9.17, 15) is 22.0 Å². The minimum absolute atomic E-state index is 0.0635. The Morgan fingerprint density at radius 1 is 1.22 bits per heavy atom. The fraction of sp³-hybridized carbons (Fsp3) is 0.435. The van der Waals surface area contributed by atoms with Crippen molar-refractivity contribution in [3.63, 3.8) is 0 Å². The van der Waals surface area contributed by atoms with E-state index in [0.717, 1.165) is 18.4 Å². The fourth-order valence-corrected chi connectivity index (χ4v) is 5.01. The predicted molar refractivity (Wildman–Crippen MR) is 115 cm³/mol. The maximum Gasteiger partial charge on any atom is 0.229 e. The molecule has 9 heteroatoms. The van der Waals surface area contributed by atoms with Crippen molar-refractivity contribution in [2.75, 3.05) is 19.3 Å². The minimum atomic E-state index is -3.42. The number of alkyl halides is 1. The molecule has 2 aliphatic rings. The van der Waals surface area contributed by atoms with Crippen LogP contribution in [-0.2, 0) is 20.5 Å². The summed E-state index contributed by atoms with van der Waals surface area (Å²) in [6, 6.07) is 7.80. The summed E-state index contributed by atoms with van der Waals surface area (Å²) >= 11 is 0. The lowest BCUT2D eigenvalue weighted by Crippen LogP contribution is -2.62. The van der Waals surface area contributed by atoms with Gasteiger partial charge in [-0.05, 0) is 36.1 Å². The van der Waals surface area contributed by atoms with Crippen LogP contribution in [0, 0.1) is 30.4 Å². The molecule has 1 aliphatic carbocycles. The third kappa shape index (κ3) is 4.03. The second kappa shape index (κ2) is 7.88. The standard InChI is InChI=1S/C23H25F3N2O3S/c1-13-7-8-16(15(9-13)21-18(24)5-4-6-19(21)25)23(26)10-17(23)22(29)28-12-14(2)20(28)11-27-32(3,30)31/h4-9,14,17,20,27H,10-12H2,1-3H3/t14-,17?,20-,23?/m1/s1.